The normalized spacial score (nSPS) is 22.9. The average Bonchev–Trinajstić information content (AvgIpc) is 2.79. The Morgan fingerprint density at radius 1 is 1.26 bits per heavy atom. The molecule has 2 fully saturated rings. The lowest BCUT2D eigenvalue weighted by Crippen LogP contribution is -2.42. The summed E-state index contributed by atoms with van der Waals surface area (Å²) in [6.45, 7) is 3.68. The van der Waals surface area contributed by atoms with Gasteiger partial charge in [-0.2, -0.15) is 0 Å². The molecule has 2 heterocycles. The van der Waals surface area contributed by atoms with Gasteiger partial charge in [-0.25, -0.2) is 0 Å². The lowest BCUT2D eigenvalue weighted by molar-refractivity contribution is -0.115. The van der Waals surface area contributed by atoms with Gasteiger partial charge in [0.05, 0.1) is 0 Å². The fraction of sp³-hybridized carbons (Fsp3) is 0.529. The van der Waals surface area contributed by atoms with E-state index in [9.17, 15) is 9.59 Å². The molecular weight excluding hydrogens is 314 g/mol. The fourth-order valence-corrected chi connectivity index (χ4v) is 3.44. The van der Waals surface area contributed by atoms with Crippen LogP contribution in [0.1, 0.15) is 43.0 Å². The van der Waals surface area contributed by atoms with Gasteiger partial charge in [-0.05, 0) is 44.0 Å². The van der Waals surface area contributed by atoms with Crippen molar-refractivity contribution in [2.24, 2.45) is 0 Å². The van der Waals surface area contributed by atoms with E-state index in [0.717, 1.165) is 32.4 Å². The van der Waals surface area contributed by atoms with Gasteiger partial charge in [-0.15, -0.1) is 12.4 Å². The molecule has 1 aromatic rings. The number of hydrogen-bond acceptors (Lipinski definition) is 3. The number of rotatable bonds is 3. The molecule has 6 heteroatoms. The van der Waals surface area contributed by atoms with Gasteiger partial charge >= 0.3 is 0 Å². The number of hydrogen-bond donors (Lipinski definition) is 2. The predicted octanol–water partition coefficient (Wildman–Crippen LogP) is 2.42. The highest BCUT2D eigenvalue weighted by Gasteiger charge is 2.38. The van der Waals surface area contributed by atoms with E-state index < -0.39 is 0 Å². The van der Waals surface area contributed by atoms with Crippen molar-refractivity contribution in [1.29, 1.82) is 0 Å². The Kier molecular flexibility index (Phi) is 6.02. The highest BCUT2D eigenvalue weighted by molar-refractivity contribution is 5.97. The number of nitrogens with one attached hydrogen (secondary N) is 2. The highest BCUT2D eigenvalue weighted by Crippen LogP contribution is 2.30. The SMILES string of the molecule is CCC(=O)Nc1cccc(C(=O)N2C3CCNCC2CC3)c1.Cl. The van der Waals surface area contributed by atoms with E-state index in [-0.39, 0.29) is 24.2 Å². The van der Waals surface area contributed by atoms with Crippen LogP contribution < -0.4 is 10.6 Å². The van der Waals surface area contributed by atoms with Gasteiger partial charge in [0.1, 0.15) is 0 Å². The van der Waals surface area contributed by atoms with E-state index in [1.54, 1.807) is 6.07 Å². The van der Waals surface area contributed by atoms with E-state index in [1.165, 1.54) is 0 Å². The average molecular weight is 338 g/mol. The number of halogens is 1. The van der Waals surface area contributed by atoms with Crippen molar-refractivity contribution in [3.63, 3.8) is 0 Å². The van der Waals surface area contributed by atoms with Crippen LogP contribution in [-0.2, 0) is 4.79 Å². The Bertz CT molecular complexity index is 565. The summed E-state index contributed by atoms with van der Waals surface area (Å²) < 4.78 is 0. The maximum Gasteiger partial charge on any atom is 0.254 e. The summed E-state index contributed by atoms with van der Waals surface area (Å²) in [5.74, 6) is 0.0486. The lowest BCUT2D eigenvalue weighted by atomic mass is 10.1. The molecule has 0 aromatic heterocycles. The Morgan fingerprint density at radius 3 is 2.83 bits per heavy atom. The summed E-state index contributed by atoms with van der Waals surface area (Å²) in [6, 6.07) is 7.92. The van der Waals surface area contributed by atoms with Crippen molar-refractivity contribution >= 4 is 29.9 Å². The third-order valence-corrected chi connectivity index (χ3v) is 4.60. The molecule has 2 N–H and O–H groups in total. The second kappa shape index (κ2) is 7.79. The summed E-state index contributed by atoms with van der Waals surface area (Å²) in [6.07, 6.45) is 3.63. The minimum atomic E-state index is -0.0383. The lowest BCUT2D eigenvalue weighted by Gasteiger charge is -2.28. The molecule has 2 atom stereocenters. The summed E-state index contributed by atoms with van der Waals surface area (Å²) in [5, 5.41) is 6.23. The molecule has 0 spiro atoms. The third-order valence-electron chi connectivity index (χ3n) is 4.60. The number of anilines is 1. The van der Waals surface area contributed by atoms with E-state index in [4.69, 9.17) is 0 Å². The molecule has 0 saturated carbocycles. The van der Waals surface area contributed by atoms with Crippen molar-refractivity contribution < 1.29 is 9.59 Å². The molecule has 2 aliphatic rings. The van der Waals surface area contributed by atoms with Gasteiger partial charge in [-0.3, -0.25) is 9.59 Å². The standard InChI is InChI=1S/C17H23N3O2.ClH/c1-2-16(21)19-13-5-3-4-12(10-13)17(22)20-14-6-7-15(20)11-18-9-8-14;/h3-5,10,14-15,18H,2,6-9,11H2,1H3,(H,19,21);1H. The van der Waals surface area contributed by atoms with E-state index in [0.29, 0.717) is 29.8 Å². The van der Waals surface area contributed by atoms with Gasteiger partial charge in [0.25, 0.3) is 5.91 Å². The van der Waals surface area contributed by atoms with Crippen molar-refractivity contribution in [3.05, 3.63) is 29.8 Å². The second-order valence-corrected chi connectivity index (χ2v) is 6.07. The van der Waals surface area contributed by atoms with Crippen LogP contribution in [0.5, 0.6) is 0 Å². The Balaban J connectivity index is 0.00000192. The molecule has 2 bridgehead atoms. The number of benzene rings is 1. The van der Waals surface area contributed by atoms with Crippen LogP contribution in [0.4, 0.5) is 5.69 Å². The zero-order valence-electron chi connectivity index (χ0n) is 13.4. The molecule has 5 nitrogen and oxygen atoms in total. The first-order chi connectivity index (χ1) is 10.7. The second-order valence-electron chi connectivity index (χ2n) is 6.07. The van der Waals surface area contributed by atoms with Crippen LogP contribution in [0.15, 0.2) is 24.3 Å². The zero-order valence-corrected chi connectivity index (χ0v) is 14.2. The molecule has 2 amide bonds. The van der Waals surface area contributed by atoms with E-state index >= 15 is 0 Å². The first kappa shape index (κ1) is 17.8. The van der Waals surface area contributed by atoms with Gasteiger partial charge in [0.2, 0.25) is 5.91 Å². The van der Waals surface area contributed by atoms with Crippen molar-refractivity contribution in [2.45, 2.75) is 44.7 Å². The number of fused-ring (bicyclic) bond motifs is 2. The smallest absolute Gasteiger partial charge is 0.254 e. The van der Waals surface area contributed by atoms with Crippen molar-refractivity contribution in [1.82, 2.24) is 10.2 Å². The molecule has 1 aromatic carbocycles. The molecular formula is C17H24ClN3O2. The highest BCUT2D eigenvalue weighted by atomic mass is 35.5. The first-order valence-corrected chi connectivity index (χ1v) is 8.12. The molecule has 0 radical (unpaired) electrons. The molecule has 2 saturated heterocycles. The number of nitrogens with zero attached hydrogens (tertiary/aromatic N) is 1. The van der Waals surface area contributed by atoms with Crippen LogP contribution in [0.25, 0.3) is 0 Å². The van der Waals surface area contributed by atoms with Crippen molar-refractivity contribution in [3.8, 4) is 0 Å². The summed E-state index contributed by atoms with van der Waals surface area (Å²) in [4.78, 5) is 26.5. The number of amides is 2. The van der Waals surface area contributed by atoms with E-state index in [1.807, 2.05) is 25.1 Å². The van der Waals surface area contributed by atoms with Gasteiger partial charge in [0.15, 0.2) is 0 Å². The van der Waals surface area contributed by atoms with Crippen LogP contribution in [-0.4, -0.2) is 41.9 Å². The number of carbonyl (C=O) groups excluding carboxylic acids is 2. The van der Waals surface area contributed by atoms with Crippen LogP contribution in [0.2, 0.25) is 0 Å². The Hall–Kier alpha value is -1.59. The van der Waals surface area contributed by atoms with Crippen molar-refractivity contribution in [2.75, 3.05) is 18.4 Å². The quantitative estimate of drug-likeness (QED) is 0.890. The zero-order chi connectivity index (χ0) is 15.5. The molecule has 3 rings (SSSR count). The Morgan fingerprint density at radius 2 is 2.04 bits per heavy atom. The minimum Gasteiger partial charge on any atom is -0.331 e. The molecule has 23 heavy (non-hydrogen) atoms. The topological polar surface area (TPSA) is 61.4 Å². The van der Waals surface area contributed by atoms with Gasteiger partial charge < -0.3 is 15.5 Å². The number of carbonyl (C=O) groups is 2. The fourth-order valence-electron chi connectivity index (χ4n) is 3.44. The molecule has 0 aliphatic carbocycles. The monoisotopic (exact) mass is 337 g/mol. The van der Waals surface area contributed by atoms with Crippen LogP contribution in [0, 0.1) is 0 Å². The summed E-state index contributed by atoms with van der Waals surface area (Å²) in [7, 11) is 0. The predicted molar refractivity (Wildman–Crippen MR) is 93.1 cm³/mol. The molecule has 126 valence electrons. The maximum absolute atomic E-state index is 12.9. The Labute approximate surface area is 143 Å². The summed E-state index contributed by atoms with van der Waals surface area (Å²) in [5.41, 5.74) is 1.35. The molecule has 2 aliphatic heterocycles. The summed E-state index contributed by atoms with van der Waals surface area (Å²) >= 11 is 0. The third kappa shape index (κ3) is 3.85. The maximum atomic E-state index is 12.9. The largest absolute Gasteiger partial charge is 0.331 e. The first-order valence-electron chi connectivity index (χ1n) is 8.12. The van der Waals surface area contributed by atoms with Crippen LogP contribution in [0.3, 0.4) is 0 Å². The van der Waals surface area contributed by atoms with Gasteiger partial charge in [-0.1, -0.05) is 13.0 Å². The van der Waals surface area contributed by atoms with E-state index in [2.05, 4.69) is 15.5 Å². The van der Waals surface area contributed by atoms with Crippen LogP contribution >= 0.6 is 12.4 Å². The van der Waals surface area contributed by atoms with Gasteiger partial charge in [0, 0.05) is 36.3 Å². The minimum absolute atomic E-state index is 0. The molecule has 2 unspecified atom stereocenters.